The van der Waals surface area contributed by atoms with Gasteiger partial charge in [-0.15, -0.1) is 0 Å². The van der Waals surface area contributed by atoms with E-state index in [1.54, 1.807) is 19.1 Å². The van der Waals surface area contributed by atoms with Crippen molar-refractivity contribution in [3.63, 3.8) is 0 Å². The highest BCUT2D eigenvalue weighted by atomic mass is 35.5. The molecule has 0 spiro atoms. The van der Waals surface area contributed by atoms with Gasteiger partial charge in [0.05, 0.1) is 19.8 Å². The first kappa shape index (κ1) is 19.0. The van der Waals surface area contributed by atoms with Crippen LogP contribution >= 0.6 is 11.6 Å². The zero-order chi connectivity index (χ0) is 17.4. The van der Waals surface area contributed by atoms with Gasteiger partial charge in [-0.3, -0.25) is 9.89 Å². The molecule has 0 aromatic heterocycles. The third kappa shape index (κ3) is 5.94. The molecule has 0 amide bonds. The van der Waals surface area contributed by atoms with Crippen LogP contribution in [0.15, 0.2) is 29.3 Å². The molecule has 0 aliphatic carbocycles. The lowest BCUT2D eigenvalue weighted by Gasteiger charge is -2.26. The number of aliphatic imine (C=N–C) groups is 1. The van der Waals surface area contributed by atoms with Crippen molar-refractivity contribution in [1.82, 2.24) is 10.2 Å². The summed E-state index contributed by atoms with van der Waals surface area (Å²) < 4.78 is 5.32. The molecule has 1 aliphatic heterocycles. The number of hydrogen-bond donors (Lipinski definition) is 3. The molecule has 24 heavy (non-hydrogen) atoms. The summed E-state index contributed by atoms with van der Waals surface area (Å²) in [6, 6.07) is 7.22. The lowest BCUT2D eigenvalue weighted by atomic mass is 9.96. The summed E-state index contributed by atoms with van der Waals surface area (Å²) in [6.45, 7) is 7.21. The molecular weight excluding hydrogens is 328 g/mol. The average Bonchev–Trinajstić information content (AvgIpc) is 2.58. The predicted octanol–water partition coefficient (Wildman–Crippen LogP) is 1.17. The lowest BCUT2D eigenvalue weighted by Crippen LogP contribution is -2.39. The van der Waals surface area contributed by atoms with Crippen molar-refractivity contribution in [2.24, 2.45) is 10.7 Å². The van der Waals surface area contributed by atoms with Crippen LogP contribution in [0.3, 0.4) is 0 Å². The molecule has 0 bridgehead atoms. The Morgan fingerprint density at radius 1 is 1.42 bits per heavy atom. The van der Waals surface area contributed by atoms with Crippen molar-refractivity contribution in [2.45, 2.75) is 18.9 Å². The van der Waals surface area contributed by atoms with Crippen molar-refractivity contribution in [3.05, 3.63) is 34.9 Å². The van der Waals surface area contributed by atoms with E-state index < -0.39 is 5.60 Å². The number of hydrogen-bond acceptors (Lipinski definition) is 4. The first-order valence-electron chi connectivity index (χ1n) is 8.30. The minimum Gasteiger partial charge on any atom is -0.383 e. The fourth-order valence-corrected chi connectivity index (χ4v) is 2.96. The van der Waals surface area contributed by atoms with Crippen molar-refractivity contribution < 1.29 is 9.84 Å². The van der Waals surface area contributed by atoms with Crippen LogP contribution in [0, 0.1) is 0 Å². The first-order valence-corrected chi connectivity index (χ1v) is 8.68. The highest BCUT2D eigenvalue weighted by Crippen LogP contribution is 2.27. The molecule has 1 aliphatic rings. The molecule has 0 saturated carbocycles. The monoisotopic (exact) mass is 354 g/mol. The maximum absolute atomic E-state index is 10.6. The van der Waals surface area contributed by atoms with E-state index in [-0.39, 0.29) is 6.54 Å². The number of morpholine rings is 1. The summed E-state index contributed by atoms with van der Waals surface area (Å²) in [4.78, 5) is 6.61. The Kier molecular flexibility index (Phi) is 7.30. The summed E-state index contributed by atoms with van der Waals surface area (Å²) in [5, 5.41) is 14.2. The number of halogens is 1. The van der Waals surface area contributed by atoms with Gasteiger partial charge < -0.3 is 20.9 Å². The molecule has 1 aromatic carbocycles. The zero-order valence-corrected chi connectivity index (χ0v) is 14.9. The second-order valence-electron chi connectivity index (χ2n) is 6.19. The van der Waals surface area contributed by atoms with E-state index in [0.717, 1.165) is 45.8 Å². The van der Waals surface area contributed by atoms with Gasteiger partial charge in [0, 0.05) is 30.2 Å². The van der Waals surface area contributed by atoms with E-state index in [1.807, 2.05) is 12.1 Å². The third-order valence-electron chi connectivity index (χ3n) is 4.07. The Morgan fingerprint density at radius 3 is 2.83 bits per heavy atom. The van der Waals surface area contributed by atoms with Crippen LogP contribution in [0.4, 0.5) is 0 Å². The second-order valence-corrected chi connectivity index (χ2v) is 6.60. The van der Waals surface area contributed by atoms with E-state index in [1.165, 1.54) is 0 Å². The molecule has 0 radical (unpaired) electrons. The minimum atomic E-state index is -1.15. The standard InChI is InChI=1S/C17H27ClN4O2/c1-17(23,14-5-2-3-6-15(14)18)13-21-16(19)20-7-4-8-22-9-11-24-12-10-22/h2-3,5-6,23H,4,7-13H2,1H3,(H3,19,20,21). The zero-order valence-electron chi connectivity index (χ0n) is 14.2. The van der Waals surface area contributed by atoms with Gasteiger partial charge in [-0.05, 0) is 26.0 Å². The summed E-state index contributed by atoms with van der Waals surface area (Å²) in [5.74, 6) is 0.337. The Morgan fingerprint density at radius 2 is 2.12 bits per heavy atom. The van der Waals surface area contributed by atoms with Crippen LogP contribution in [0.25, 0.3) is 0 Å². The largest absolute Gasteiger partial charge is 0.383 e. The van der Waals surface area contributed by atoms with E-state index >= 15 is 0 Å². The van der Waals surface area contributed by atoms with Crippen molar-refractivity contribution in [3.8, 4) is 0 Å². The molecule has 6 nitrogen and oxygen atoms in total. The van der Waals surface area contributed by atoms with E-state index in [4.69, 9.17) is 22.1 Å². The minimum absolute atomic E-state index is 0.152. The molecule has 1 atom stereocenters. The third-order valence-corrected chi connectivity index (χ3v) is 4.40. The topological polar surface area (TPSA) is 83.1 Å². The fourth-order valence-electron chi connectivity index (χ4n) is 2.62. The molecule has 4 N–H and O–H groups in total. The van der Waals surface area contributed by atoms with Crippen LogP contribution in [-0.4, -0.2) is 61.9 Å². The van der Waals surface area contributed by atoms with Crippen molar-refractivity contribution in [1.29, 1.82) is 0 Å². The second kappa shape index (κ2) is 9.22. The molecule has 1 fully saturated rings. The molecule has 1 unspecified atom stereocenters. The molecule has 7 heteroatoms. The van der Waals surface area contributed by atoms with Gasteiger partial charge in [-0.2, -0.15) is 0 Å². The molecule has 1 heterocycles. The number of nitrogens with zero attached hydrogens (tertiary/aromatic N) is 2. The van der Waals surface area contributed by atoms with Gasteiger partial charge in [0.15, 0.2) is 5.96 Å². The normalized spacial score (nSPS) is 19.0. The van der Waals surface area contributed by atoms with E-state index in [0.29, 0.717) is 16.5 Å². The van der Waals surface area contributed by atoms with Gasteiger partial charge in [-0.25, -0.2) is 0 Å². The summed E-state index contributed by atoms with van der Waals surface area (Å²) >= 11 is 6.13. The quantitative estimate of drug-likeness (QED) is 0.389. The Labute approximate surface area is 148 Å². The Hall–Kier alpha value is -1.34. The summed E-state index contributed by atoms with van der Waals surface area (Å²) in [6.07, 6.45) is 0.983. The van der Waals surface area contributed by atoms with Crippen molar-refractivity contribution >= 4 is 17.6 Å². The highest BCUT2D eigenvalue weighted by Gasteiger charge is 2.25. The van der Waals surface area contributed by atoms with Crippen LogP contribution in [0.1, 0.15) is 18.9 Å². The van der Waals surface area contributed by atoms with Crippen LogP contribution < -0.4 is 11.1 Å². The molecular formula is C17H27ClN4O2. The van der Waals surface area contributed by atoms with Gasteiger partial charge in [0.1, 0.15) is 5.60 Å². The number of guanidine groups is 1. The fraction of sp³-hybridized carbons (Fsp3) is 0.588. The van der Waals surface area contributed by atoms with Crippen LogP contribution in [0.5, 0.6) is 0 Å². The number of aliphatic hydroxyl groups is 1. The molecule has 1 saturated heterocycles. The maximum atomic E-state index is 10.6. The van der Waals surface area contributed by atoms with Crippen molar-refractivity contribution in [2.75, 3.05) is 45.9 Å². The maximum Gasteiger partial charge on any atom is 0.188 e. The average molecular weight is 355 g/mol. The van der Waals surface area contributed by atoms with Gasteiger partial charge in [0.2, 0.25) is 0 Å². The molecule has 2 rings (SSSR count). The van der Waals surface area contributed by atoms with Crippen LogP contribution in [0.2, 0.25) is 5.02 Å². The van der Waals surface area contributed by atoms with Gasteiger partial charge in [0.25, 0.3) is 0 Å². The smallest absolute Gasteiger partial charge is 0.188 e. The van der Waals surface area contributed by atoms with E-state index in [2.05, 4.69) is 15.2 Å². The summed E-state index contributed by atoms with van der Waals surface area (Å²) in [5.41, 5.74) is 5.37. The molecule has 1 aromatic rings. The number of rotatable bonds is 7. The summed E-state index contributed by atoms with van der Waals surface area (Å²) in [7, 11) is 0. The lowest BCUT2D eigenvalue weighted by molar-refractivity contribution is 0.0376. The first-order chi connectivity index (χ1) is 11.5. The Balaban J connectivity index is 1.73. The van der Waals surface area contributed by atoms with E-state index in [9.17, 15) is 5.11 Å². The Bertz CT molecular complexity index is 545. The number of ether oxygens (including phenoxy) is 1. The number of nitrogens with one attached hydrogen (secondary N) is 1. The predicted molar refractivity (Wildman–Crippen MR) is 97.4 cm³/mol. The van der Waals surface area contributed by atoms with Gasteiger partial charge >= 0.3 is 0 Å². The SMILES string of the molecule is CC(O)(CN=C(N)NCCCN1CCOCC1)c1ccccc1Cl. The highest BCUT2D eigenvalue weighted by molar-refractivity contribution is 6.31. The molecule has 134 valence electrons. The number of benzene rings is 1. The van der Waals surface area contributed by atoms with Crippen LogP contribution in [-0.2, 0) is 10.3 Å². The van der Waals surface area contributed by atoms with Gasteiger partial charge in [-0.1, -0.05) is 29.8 Å². The number of nitrogens with two attached hydrogens (primary N) is 1.